The first-order chi connectivity index (χ1) is 12.7. The van der Waals surface area contributed by atoms with Gasteiger partial charge in [0.05, 0.1) is 12.7 Å². The molecule has 2 rings (SSSR count). The first kappa shape index (κ1) is 31.3. The van der Waals surface area contributed by atoms with Gasteiger partial charge in [0, 0.05) is 19.4 Å². The van der Waals surface area contributed by atoms with Gasteiger partial charge in [-0.05, 0) is 0 Å². The van der Waals surface area contributed by atoms with Crippen molar-refractivity contribution in [3.05, 3.63) is 0 Å². The number of hydrogen-bond acceptors (Lipinski definition) is 12. The Morgan fingerprint density at radius 1 is 1.17 bits per heavy atom. The monoisotopic (exact) mass is 514 g/mol. The van der Waals surface area contributed by atoms with E-state index in [2.05, 4.69) is 13.1 Å². The fourth-order valence-electron chi connectivity index (χ4n) is 2.37. The molecule has 2 saturated heterocycles. The van der Waals surface area contributed by atoms with Gasteiger partial charge in [0.15, 0.2) is 0 Å². The van der Waals surface area contributed by atoms with Gasteiger partial charge < -0.3 is 29.4 Å². The third-order valence-corrected chi connectivity index (χ3v) is 7.17. The van der Waals surface area contributed by atoms with Crippen molar-refractivity contribution < 1.29 is 125 Å². The van der Waals surface area contributed by atoms with Crippen LogP contribution in [0.15, 0.2) is 0 Å². The predicted molar refractivity (Wildman–Crippen MR) is 79.5 cm³/mol. The van der Waals surface area contributed by atoms with E-state index in [1.54, 1.807) is 0 Å². The molecule has 0 radical (unpaired) electrons. The van der Waals surface area contributed by atoms with E-state index < -0.39 is 60.4 Å². The Kier molecular flexibility index (Phi) is 12.6. The van der Waals surface area contributed by atoms with Crippen molar-refractivity contribution in [1.82, 2.24) is 10.2 Å². The second kappa shape index (κ2) is 12.1. The minimum atomic E-state index is -5.97. The largest absolute Gasteiger partial charge is 1.00 e. The molecule has 0 aromatic heterocycles. The van der Waals surface area contributed by atoms with Crippen LogP contribution in [0.5, 0.6) is 0 Å². The molecular weight excluding hydrogens is 499 g/mol. The van der Waals surface area contributed by atoms with E-state index in [1.807, 2.05) is 5.32 Å². The van der Waals surface area contributed by atoms with Crippen molar-refractivity contribution in [1.29, 1.82) is 0 Å². The van der Waals surface area contributed by atoms with Crippen molar-refractivity contribution >= 4 is 35.4 Å². The maximum atomic E-state index is 11.7. The smallest absolute Gasteiger partial charge is 0.756 e. The molecule has 3 unspecified atom stereocenters. The van der Waals surface area contributed by atoms with E-state index in [0.29, 0.717) is 0 Å². The van der Waals surface area contributed by atoms with Crippen LogP contribution in [0.4, 0.5) is 4.79 Å². The van der Waals surface area contributed by atoms with Crippen molar-refractivity contribution in [3.8, 4) is 0 Å². The summed E-state index contributed by atoms with van der Waals surface area (Å²) < 4.78 is 49.4. The number of carbonyl (C=O) groups excluding carboxylic acids is 2. The Morgan fingerprint density at radius 3 is 2.30 bits per heavy atom. The summed E-state index contributed by atoms with van der Waals surface area (Å²) in [4.78, 5) is 63.0. The maximum absolute atomic E-state index is 11.7. The molecule has 2 aliphatic rings. The zero-order valence-corrected chi connectivity index (χ0v) is 22.4. The number of nitrogens with one attached hydrogen (secondary N) is 1. The number of amides is 3. The molecule has 162 valence electrons. The van der Waals surface area contributed by atoms with Gasteiger partial charge in [-0.15, -0.1) is 0 Å². The molecular formula is C9H15N2Na2O14P3. The molecule has 30 heavy (non-hydrogen) atoms. The number of urea groups is 1. The molecule has 0 saturated carbocycles. The van der Waals surface area contributed by atoms with Crippen LogP contribution in [0.25, 0.3) is 0 Å². The molecule has 2 heterocycles. The Balaban J connectivity index is 0.00000420. The summed E-state index contributed by atoms with van der Waals surface area (Å²) in [7, 11) is -17.2. The molecule has 0 aliphatic carbocycles. The molecule has 2 aliphatic heterocycles. The van der Waals surface area contributed by atoms with Crippen LogP contribution in [0.3, 0.4) is 0 Å². The van der Waals surface area contributed by atoms with Gasteiger partial charge in [-0.2, -0.15) is 0 Å². The van der Waals surface area contributed by atoms with Gasteiger partial charge in [-0.1, -0.05) is 0 Å². The molecule has 6 atom stereocenters. The molecule has 3 amide bonds. The number of aliphatic hydroxyl groups is 1. The second-order valence-electron chi connectivity index (χ2n) is 5.57. The van der Waals surface area contributed by atoms with Crippen molar-refractivity contribution in [2.45, 2.75) is 31.3 Å². The maximum Gasteiger partial charge on any atom is 1.00 e. The van der Waals surface area contributed by atoms with Crippen LogP contribution < -0.4 is 74.2 Å². The number of rotatable bonds is 8. The third-order valence-electron chi connectivity index (χ3n) is 3.45. The van der Waals surface area contributed by atoms with Crippen LogP contribution in [0.1, 0.15) is 12.8 Å². The third kappa shape index (κ3) is 10.0. The molecule has 0 aromatic rings. The molecule has 2 fully saturated rings. The van der Waals surface area contributed by atoms with E-state index in [-0.39, 0.29) is 78.5 Å². The minimum absolute atomic E-state index is 0. The Bertz CT molecular complexity index is 778. The zero-order chi connectivity index (χ0) is 21.3. The summed E-state index contributed by atoms with van der Waals surface area (Å²) in [6.45, 7) is -0.891. The number of hydrogen-bond donors (Lipinski definition) is 4. The molecule has 16 nitrogen and oxygen atoms in total. The number of phosphoric ester groups is 1. The Hall–Kier alpha value is 1.27. The van der Waals surface area contributed by atoms with Crippen molar-refractivity contribution in [2.24, 2.45) is 0 Å². The number of aliphatic hydroxyl groups excluding tert-OH is 1. The van der Waals surface area contributed by atoms with E-state index >= 15 is 0 Å². The summed E-state index contributed by atoms with van der Waals surface area (Å²) in [5.74, 6) is -0.493. The fraction of sp³-hybridized carbons (Fsp3) is 0.778. The average molecular weight is 514 g/mol. The molecule has 21 heteroatoms. The van der Waals surface area contributed by atoms with E-state index in [9.17, 15) is 43.1 Å². The minimum Gasteiger partial charge on any atom is -0.756 e. The van der Waals surface area contributed by atoms with Crippen LogP contribution in [0.2, 0.25) is 0 Å². The van der Waals surface area contributed by atoms with Crippen LogP contribution in [-0.2, 0) is 36.4 Å². The molecule has 0 bridgehead atoms. The number of nitrogens with zero attached hydrogens (tertiary/aromatic N) is 1. The molecule has 4 N–H and O–H groups in total. The Morgan fingerprint density at radius 2 is 1.77 bits per heavy atom. The number of ether oxygens (including phenoxy) is 1. The SMILES string of the molecule is O=C1CCN([C@H]2C[C@H](O)[C@@H](COP(=O)(O)OP(=O)([O-])OP(=O)([O-])O)O2)C(=O)N1.[Na+].[Na+]. The van der Waals surface area contributed by atoms with E-state index in [0.717, 1.165) is 4.90 Å². The number of imide groups is 1. The van der Waals surface area contributed by atoms with Gasteiger partial charge in [0.25, 0.3) is 15.6 Å². The second-order valence-corrected chi connectivity index (χ2v) is 9.91. The summed E-state index contributed by atoms with van der Waals surface area (Å²) in [6.07, 6.45) is -3.74. The van der Waals surface area contributed by atoms with Crippen molar-refractivity contribution in [2.75, 3.05) is 13.2 Å². The fourth-order valence-corrected chi connectivity index (χ4v) is 5.30. The summed E-state index contributed by atoms with van der Waals surface area (Å²) >= 11 is 0. The van der Waals surface area contributed by atoms with Crippen molar-refractivity contribution in [3.63, 3.8) is 0 Å². The van der Waals surface area contributed by atoms with E-state index in [1.165, 1.54) is 0 Å². The number of phosphoric acid groups is 3. The van der Waals surface area contributed by atoms with Gasteiger partial charge in [-0.25, -0.2) is 18.0 Å². The normalized spacial score (nSPS) is 30.2. The first-order valence-corrected chi connectivity index (χ1v) is 11.8. The van der Waals surface area contributed by atoms with Gasteiger partial charge in [0.1, 0.15) is 12.3 Å². The molecule has 0 spiro atoms. The summed E-state index contributed by atoms with van der Waals surface area (Å²) in [5.41, 5.74) is 0. The standard InChI is InChI=1S/C9H17N2O14P3.2Na/c12-5-3-8(11-2-1-7(13)10-9(11)14)23-6(5)4-22-27(18,19)25-28(20,21)24-26(15,16)17;;/h5-6,8,12H,1-4H2,(H,18,19)(H,20,21)(H,10,13,14)(H2,15,16,17);;/q;2*+1/p-2/t5-,6+,8+;;/m0../s1. The average Bonchev–Trinajstić information content (AvgIpc) is 2.82. The Labute approximate surface area is 213 Å². The van der Waals surface area contributed by atoms with Gasteiger partial charge in [-0.3, -0.25) is 28.7 Å². The first-order valence-electron chi connectivity index (χ1n) is 7.36. The van der Waals surface area contributed by atoms with Crippen LogP contribution in [-0.4, -0.2) is 63.3 Å². The number of carbonyl (C=O) groups is 2. The van der Waals surface area contributed by atoms with Gasteiger partial charge >= 0.3 is 73.0 Å². The quantitative estimate of drug-likeness (QED) is 0.174. The van der Waals surface area contributed by atoms with Gasteiger partial charge in [0.2, 0.25) is 5.91 Å². The van der Waals surface area contributed by atoms with Crippen LogP contribution in [0, 0.1) is 0 Å². The predicted octanol–water partition coefficient (Wildman–Crippen LogP) is -8.51. The van der Waals surface area contributed by atoms with E-state index in [4.69, 9.17) is 9.63 Å². The zero-order valence-electron chi connectivity index (χ0n) is 15.7. The summed E-state index contributed by atoms with van der Waals surface area (Å²) in [5, 5.41) is 12.0. The van der Waals surface area contributed by atoms with Crippen LogP contribution >= 0.6 is 23.5 Å². The molecule has 0 aromatic carbocycles. The summed E-state index contributed by atoms with van der Waals surface area (Å²) in [6, 6.07) is -0.762. The topological polar surface area (TPSA) is 244 Å².